The first-order valence-corrected chi connectivity index (χ1v) is 32.2. The van der Waals surface area contributed by atoms with Crippen LogP contribution in [0.2, 0.25) is 0 Å². The predicted molar refractivity (Wildman–Crippen MR) is 333 cm³/mol. The van der Waals surface area contributed by atoms with Crippen molar-refractivity contribution in [2.24, 2.45) is 0 Å². The number of aryl methyl sites for hydroxylation is 4. The smallest absolute Gasteiger partial charge is 2.00 e. The molecule has 6 aromatic rings. The van der Waals surface area contributed by atoms with Crippen molar-refractivity contribution in [1.82, 2.24) is 0 Å². The number of rotatable bonds is 14. The fourth-order valence-corrected chi connectivity index (χ4v) is 19.1. The normalized spacial score (nSPS) is 18.7. The molecule has 0 amide bonds. The van der Waals surface area contributed by atoms with E-state index in [1.54, 1.807) is 0 Å². The Balaban J connectivity index is 0.000000608. The van der Waals surface area contributed by atoms with Gasteiger partial charge in [-0.05, 0) is 183 Å². The quantitative estimate of drug-likeness (QED) is 0.0619. The van der Waals surface area contributed by atoms with Crippen LogP contribution >= 0.6 is 0 Å². The summed E-state index contributed by atoms with van der Waals surface area (Å²) in [7, 11) is -4.48. The molecule has 0 radical (unpaired) electrons. The first kappa shape index (κ1) is 69.2. The summed E-state index contributed by atoms with van der Waals surface area (Å²) in [4.78, 5) is 18.7. The van der Waals surface area contributed by atoms with Crippen LogP contribution < -0.4 is 9.98 Å². The average molecular weight is 1280 g/mol. The van der Waals surface area contributed by atoms with Crippen LogP contribution in [0.4, 0.5) is 0 Å². The van der Waals surface area contributed by atoms with E-state index in [9.17, 15) is 0 Å². The molecule has 0 aromatic heterocycles. The SMILES string of the molecule is CCC1(CC)CC(CC)(CC)c2c1cc1c(c2[Si@]2([O-])OC(c3ccc(C)cc3)(c3ccc(C)cc3)c3cc(C)ccc3[C@@H]2c2ccc(C)cc2)C(CC)(CC)CC1(CC)CC.CCOCC.Cc1c(C)c(C)[c-](C)c1C.[C-]#[O+].[C-]#[O+].[W+2]. The van der Waals surface area contributed by atoms with Crippen LogP contribution in [0.5, 0.6) is 0 Å². The minimum absolute atomic E-state index is 0. The molecule has 0 bridgehead atoms. The molecular weight excluding hydrogens is 1180 g/mol. The summed E-state index contributed by atoms with van der Waals surface area (Å²) in [5, 5.41) is 1.14. The minimum Gasteiger partial charge on any atom is 2.00 e. The van der Waals surface area contributed by atoms with Crippen molar-refractivity contribution >= 4 is 13.7 Å². The van der Waals surface area contributed by atoms with Gasteiger partial charge in [-0.3, -0.25) is 0 Å². The second kappa shape index (κ2) is 28.5. The van der Waals surface area contributed by atoms with Gasteiger partial charge in [0.2, 0.25) is 0 Å². The van der Waals surface area contributed by atoms with Crippen molar-refractivity contribution in [3.63, 3.8) is 0 Å². The van der Waals surface area contributed by atoms with Crippen LogP contribution in [0, 0.1) is 75.6 Å². The predicted octanol–water partition coefficient (Wildman–Crippen LogP) is 17.6. The molecule has 3 aliphatic rings. The zero-order valence-corrected chi connectivity index (χ0v) is 57.2. The van der Waals surface area contributed by atoms with Gasteiger partial charge in [-0.1, -0.05) is 209 Å². The van der Waals surface area contributed by atoms with Gasteiger partial charge >= 0.3 is 43.7 Å². The van der Waals surface area contributed by atoms with E-state index in [0.717, 1.165) is 110 Å². The summed E-state index contributed by atoms with van der Waals surface area (Å²) in [5.74, 6) is 0. The molecular formula is C74H98O5SiW. The number of fused-ring (bicyclic) bond motifs is 3. The van der Waals surface area contributed by atoms with Crippen LogP contribution in [0.1, 0.15) is 239 Å². The summed E-state index contributed by atoms with van der Waals surface area (Å²) >= 11 is 0. The van der Waals surface area contributed by atoms with Crippen molar-refractivity contribution < 1.29 is 44.3 Å². The molecule has 0 saturated heterocycles. The van der Waals surface area contributed by atoms with Crippen molar-refractivity contribution in [2.45, 2.75) is 229 Å². The second-order valence-corrected chi connectivity index (χ2v) is 26.5. The van der Waals surface area contributed by atoms with Crippen molar-refractivity contribution in [2.75, 3.05) is 13.2 Å². The number of hydrogen-bond donors (Lipinski definition) is 0. The van der Waals surface area contributed by atoms with Crippen LogP contribution in [-0.2, 0) is 66.8 Å². The van der Waals surface area contributed by atoms with E-state index in [0.29, 0.717) is 0 Å². The van der Waals surface area contributed by atoms with E-state index >= 15 is 4.80 Å². The van der Waals surface area contributed by atoms with E-state index in [-0.39, 0.29) is 42.7 Å². The number of benzene rings is 5. The molecule has 9 rings (SSSR count). The Morgan fingerprint density at radius 2 is 0.852 bits per heavy atom. The topological polar surface area (TPSA) is 81.3 Å². The molecule has 0 spiro atoms. The third kappa shape index (κ3) is 12.1. The third-order valence-electron chi connectivity index (χ3n) is 20.8. The molecule has 0 N–H and O–H groups in total. The van der Waals surface area contributed by atoms with E-state index in [1.165, 1.54) is 72.3 Å². The largest absolute Gasteiger partial charge is 2.00 e. The van der Waals surface area contributed by atoms with Crippen LogP contribution in [0.25, 0.3) is 0 Å². The fraction of sp³-hybridized carbons (Fsp3) is 0.500. The molecule has 434 valence electrons. The maximum absolute atomic E-state index is 18.7. The van der Waals surface area contributed by atoms with Crippen LogP contribution in [0.3, 0.4) is 0 Å². The van der Waals surface area contributed by atoms with E-state index in [4.69, 9.17) is 18.5 Å². The maximum atomic E-state index is 18.7. The Kier molecular flexibility index (Phi) is 24.4. The van der Waals surface area contributed by atoms with E-state index < -0.39 is 19.7 Å². The molecule has 7 heteroatoms. The molecule has 0 fully saturated rings. The molecule has 6 aromatic carbocycles. The molecule has 2 atom stereocenters. The van der Waals surface area contributed by atoms with E-state index in [2.05, 4.69) is 228 Å². The second-order valence-electron chi connectivity index (χ2n) is 23.9. The number of hydrogen-bond acceptors (Lipinski definition) is 3. The molecule has 0 unspecified atom stereocenters. The molecule has 0 saturated carbocycles. The third-order valence-corrected chi connectivity index (χ3v) is 24.0. The summed E-state index contributed by atoms with van der Waals surface area (Å²) in [6.07, 6.45) is 10.5. The first-order valence-electron chi connectivity index (χ1n) is 30.3. The zero-order chi connectivity index (χ0) is 59.8. The van der Waals surface area contributed by atoms with Gasteiger partial charge in [0.1, 0.15) is 14.2 Å². The van der Waals surface area contributed by atoms with Gasteiger partial charge < -0.3 is 14.0 Å². The monoisotopic (exact) mass is 1280 g/mol. The fourth-order valence-electron chi connectivity index (χ4n) is 15.0. The Hall–Kier alpha value is -4.28. The first-order chi connectivity index (χ1) is 38.2. The van der Waals surface area contributed by atoms with Gasteiger partial charge in [0.15, 0.2) is 0 Å². The minimum atomic E-state index is -4.48. The maximum Gasteiger partial charge on any atom is 2.00 e. The Bertz CT molecular complexity index is 2860. The Morgan fingerprint density at radius 1 is 0.506 bits per heavy atom. The number of ether oxygens (including phenoxy) is 1. The van der Waals surface area contributed by atoms with Gasteiger partial charge in [-0.2, -0.15) is 27.8 Å². The van der Waals surface area contributed by atoms with Gasteiger partial charge in [0.25, 0.3) is 0 Å². The van der Waals surface area contributed by atoms with Gasteiger partial charge in [0.05, 0.1) is 0 Å². The zero-order valence-electron chi connectivity index (χ0n) is 53.2. The summed E-state index contributed by atoms with van der Waals surface area (Å²) in [5.41, 5.74) is 21.5. The summed E-state index contributed by atoms with van der Waals surface area (Å²) in [6, 6.07) is 36.6. The molecule has 5 nitrogen and oxygen atoms in total. The van der Waals surface area contributed by atoms with Crippen molar-refractivity contribution in [3.8, 4) is 0 Å². The molecule has 81 heavy (non-hydrogen) atoms. The van der Waals surface area contributed by atoms with Crippen molar-refractivity contribution in [1.29, 1.82) is 0 Å². The Morgan fingerprint density at radius 3 is 1.16 bits per heavy atom. The molecule has 1 heterocycles. The Labute approximate surface area is 507 Å². The van der Waals surface area contributed by atoms with Gasteiger partial charge in [-0.25, -0.2) is 0 Å². The van der Waals surface area contributed by atoms with E-state index in [1.807, 2.05) is 13.8 Å². The summed E-state index contributed by atoms with van der Waals surface area (Å²) in [6.45, 7) is 53.7. The van der Waals surface area contributed by atoms with Gasteiger partial charge in [0, 0.05) is 18.8 Å². The molecule has 1 aliphatic heterocycles. The van der Waals surface area contributed by atoms with Gasteiger partial charge in [-0.15, -0.1) is 0 Å². The standard InChI is InChI=1S/C58H73O2Si.C10H15.C4H10O.2CO.W/c1-13-54(14-2)37-56(17-5,18-6)50-48(54)36-49-51(57(19-7,20-8)38-55(49,15-3)16-4)53(50)61(59)52(43-28-21-39(9)22-29-43)46-34-27-42(12)35-47(46)58(60-61,44-30-23-40(10)24-31-44)45-32-25-41(11)26-33-45;1-6-7(2)9(4)10(5)8(6)3;1-3-5-4-2;2*1-2;/h21-36,52H,13-20,37-38H2,1-12H3;1-5H3;3-4H2,1-2H3;;;/q2*-1;;;;+2/t52-,61+;;;;;/m0...../s1. The average Bonchev–Trinajstić information content (AvgIpc) is 2.51. The van der Waals surface area contributed by atoms with Crippen LogP contribution in [0.15, 0.2) is 97.1 Å². The van der Waals surface area contributed by atoms with Crippen LogP contribution in [-0.4, -0.2) is 21.8 Å². The summed E-state index contributed by atoms with van der Waals surface area (Å²) < 4.78 is 28.3. The molecule has 2 aliphatic carbocycles. The van der Waals surface area contributed by atoms with Crippen molar-refractivity contribution in [3.05, 3.63) is 211 Å².